The molecule has 5 heteroatoms. The molecule has 4 aliphatic carbocycles. The van der Waals surface area contributed by atoms with Crippen molar-refractivity contribution >= 4 is 12.3 Å². The highest BCUT2D eigenvalue weighted by Gasteiger charge is 2.59. The maximum Gasteiger partial charge on any atom is 0.306 e. The van der Waals surface area contributed by atoms with Crippen molar-refractivity contribution in [2.75, 3.05) is 26.2 Å². The predicted octanol–water partition coefficient (Wildman–Crippen LogP) is 11.1. The molecular formula is C46H79NO4. The maximum absolute atomic E-state index is 13.0. The topological polar surface area (TPSA) is 66.8 Å². The van der Waals surface area contributed by atoms with Gasteiger partial charge in [0.2, 0.25) is 0 Å². The molecule has 51 heavy (non-hydrogen) atoms. The number of allylic oxidation sites excluding steroid dienone is 3. The van der Waals surface area contributed by atoms with Gasteiger partial charge in [0, 0.05) is 25.9 Å². The molecule has 5 nitrogen and oxygen atoms in total. The summed E-state index contributed by atoms with van der Waals surface area (Å²) in [5.41, 5.74) is 2.35. The molecule has 0 radical (unpaired) electrons. The molecule has 0 bridgehead atoms. The highest BCUT2D eigenvalue weighted by atomic mass is 16.5. The Kier molecular flexibility index (Phi) is 17.3. The molecule has 1 N–H and O–H groups in total. The second-order valence-electron chi connectivity index (χ2n) is 18.4. The summed E-state index contributed by atoms with van der Waals surface area (Å²) in [6, 6.07) is 0. The highest BCUT2D eigenvalue weighted by Crippen LogP contribution is 2.67. The van der Waals surface area contributed by atoms with Gasteiger partial charge in [-0.1, -0.05) is 84.6 Å². The van der Waals surface area contributed by atoms with E-state index >= 15 is 0 Å². The molecule has 3 saturated carbocycles. The van der Waals surface area contributed by atoms with E-state index in [1.54, 1.807) is 5.57 Å². The SMILES string of the molecule is CCC(/C=C/C(C)C1CCC2C3CC=C4CC(OC(=O)CCCCCN(CCCCO)CCCCCCC=O)CCC4(C)C3CCC12C)C(C)C. The number of rotatable bonds is 23. The lowest BCUT2D eigenvalue weighted by Crippen LogP contribution is -2.51. The molecule has 0 heterocycles. The van der Waals surface area contributed by atoms with Crippen LogP contribution in [0, 0.1) is 52.3 Å². The van der Waals surface area contributed by atoms with E-state index in [9.17, 15) is 14.7 Å². The molecule has 0 aromatic rings. The Balaban J connectivity index is 1.21. The molecule has 0 aliphatic heterocycles. The third-order valence-corrected chi connectivity index (χ3v) is 14.8. The van der Waals surface area contributed by atoms with E-state index in [1.807, 2.05) is 0 Å². The number of carbonyl (C=O) groups is 2. The number of esters is 1. The Labute approximate surface area is 314 Å². The molecule has 9 atom stereocenters. The maximum atomic E-state index is 13.0. The molecule has 3 fully saturated rings. The predicted molar refractivity (Wildman–Crippen MR) is 212 cm³/mol. The van der Waals surface area contributed by atoms with Crippen molar-refractivity contribution in [2.45, 2.75) is 176 Å². The Bertz CT molecular complexity index is 1110. The van der Waals surface area contributed by atoms with E-state index in [4.69, 9.17) is 4.74 Å². The zero-order valence-electron chi connectivity index (χ0n) is 34.0. The largest absolute Gasteiger partial charge is 0.462 e. The first-order valence-electron chi connectivity index (χ1n) is 21.9. The van der Waals surface area contributed by atoms with E-state index < -0.39 is 0 Å². The number of hydrogen-bond donors (Lipinski definition) is 1. The summed E-state index contributed by atoms with van der Waals surface area (Å²) in [5, 5.41) is 9.22. The normalized spacial score (nSPS) is 31.6. The second kappa shape index (κ2) is 20.8. The van der Waals surface area contributed by atoms with Crippen molar-refractivity contribution in [1.29, 1.82) is 0 Å². The van der Waals surface area contributed by atoms with Crippen LogP contribution in [0.1, 0.15) is 170 Å². The minimum atomic E-state index is 0.000247. The smallest absolute Gasteiger partial charge is 0.306 e. The van der Waals surface area contributed by atoms with Gasteiger partial charge in [0.15, 0.2) is 0 Å². The minimum absolute atomic E-state index is 0.000247. The lowest BCUT2D eigenvalue weighted by Gasteiger charge is -2.58. The van der Waals surface area contributed by atoms with Gasteiger partial charge in [0.25, 0.3) is 0 Å². The molecule has 292 valence electrons. The third-order valence-electron chi connectivity index (χ3n) is 14.8. The van der Waals surface area contributed by atoms with E-state index in [1.165, 1.54) is 51.4 Å². The number of nitrogens with zero attached hydrogens (tertiary/aromatic N) is 1. The van der Waals surface area contributed by atoms with Crippen molar-refractivity contribution < 1.29 is 19.4 Å². The van der Waals surface area contributed by atoms with Crippen molar-refractivity contribution in [2.24, 2.45) is 52.3 Å². The average molecular weight is 710 g/mol. The fraction of sp³-hybridized carbons (Fsp3) is 0.870. The van der Waals surface area contributed by atoms with Crippen molar-refractivity contribution in [3.63, 3.8) is 0 Å². The van der Waals surface area contributed by atoms with Crippen LogP contribution in [-0.4, -0.2) is 54.6 Å². The molecule has 4 rings (SSSR count). The van der Waals surface area contributed by atoms with Gasteiger partial charge in [-0.25, -0.2) is 0 Å². The molecule has 0 aromatic heterocycles. The Morgan fingerprint density at radius 3 is 2.29 bits per heavy atom. The standard InChI is InChI=1S/C46H79NO4/c1-7-37(35(2)3)20-19-36(4)41-23-24-42-40-22-21-38-34-39(25-27-45(38,5)43(40)26-28-46(41,42)6)51-44(50)18-12-11-14-30-47(31-15-17-33-49)29-13-9-8-10-16-32-48/h19-21,32,35-37,39-43,49H,7-18,22-31,33-34H2,1-6H3/b20-19+. The van der Waals surface area contributed by atoms with Crippen LogP contribution in [0.5, 0.6) is 0 Å². The minimum Gasteiger partial charge on any atom is -0.462 e. The summed E-state index contributed by atoms with van der Waals surface area (Å²) in [7, 11) is 0. The van der Waals surface area contributed by atoms with Crippen LogP contribution >= 0.6 is 0 Å². The van der Waals surface area contributed by atoms with Crippen LogP contribution < -0.4 is 0 Å². The average Bonchev–Trinajstić information content (AvgIpc) is 3.47. The van der Waals surface area contributed by atoms with Gasteiger partial charge in [0.05, 0.1) is 0 Å². The van der Waals surface area contributed by atoms with Crippen LogP contribution in [0.3, 0.4) is 0 Å². The number of hydrogen-bond acceptors (Lipinski definition) is 5. The number of carbonyl (C=O) groups excluding carboxylic acids is 2. The van der Waals surface area contributed by atoms with Crippen LogP contribution in [0.25, 0.3) is 0 Å². The Morgan fingerprint density at radius 1 is 0.902 bits per heavy atom. The van der Waals surface area contributed by atoms with Gasteiger partial charge < -0.3 is 19.5 Å². The zero-order chi connectivity index (χ0) is 36.9. The van der Waals surface area contributed by atoms with Gasteiger partial charge in [-0.3, -0.25) is 4.79 Å². The summed E-state index contributed by atoms with van der Waals surface area (Å²) in [4.78, 5) is 26.1. The fourth-order valence-corrected chi connectivity index (χ4v) is 11.6. The quantitative estimate of drug-likeness (QED) is 0.0495. The zero-order valence-corrected chi connectivity index (χ0v) is 34.0. The van der Waals surface area contributed by atoms with E-state index in [-0.39, 0.29) is 24.1 Å². The number of aldehydes is 1. The lowest BCUT2D eigenvalue weighted by atomic mass is 9.47. The molecule has 0 aromatic carbocycles. The van der Waals surface area contributed by atoms with E-state index in [0.717, 1.165) is 120 Å². The number of aliphatic hydroxyl groups excluding tert-OH is 1. The third kappa shape index (κ3) is 11.3. The molecule has 0 amide bonds. The number of fused-ring (bicyclic) bond motifs is 5. The summed E-state index contributed by atoms with van der Waals surface area (Å²) >= 11 is 0. The first kappa shape index (κ1) is 42.3. The van der Waals surface area contributed by atoms with Crippen molar-refractivity contribution in [3.05, 3.63) is 23.8 Å². The molecule has 0 spiro atoms. The van der Waals surface area contributed by atoms with Crippen LogP contribution in [0.4, 0.5) is 0 Å². The first-order valence-corrected chi connectivity index (χ1v) is 21.9. The van der Waals surface area contributed by atoms with Crippen LogP contribution in [0.2, 0.25) is 0 Å². The number of unbranched alkanes of at least 4 members (excludes halogenated alkanes) is 7. The van der Waals surface area contributed by atoms with Crippen LogP contribution in [-0.2, 0) is 14.3 Å². The van der Waals surface area contributed by atoms with Gasteiger partial charge in [-0.15, -0.1) is 0 Å². The van der Waals surface area contributed by atoms with Crippen molar-refractivity contribution in [1.82, 2.24) is 4.90 Å². The van der Waals surface area contributed by atoms with Gasteiger partial charge >= 0.3 is 5.97 Å². The van der Waals surface area contributed by atoms with Gasteiger partial charge in [-0.05, 0) is 162 Å². The number of ether oxygens (including phenoxy) is 1. The first-order chi connectivity index (χ1) is 24.6. The fourth-order valence-electron chi connectivity index (χ4n) is 11.6. The molecular weight excluding hydrogens is 631 g/mol. The highest BCUT2D eigenvalue weighted by molar-refractivity contribution is 5.69. The lowest BCUT2D eigenvalue weighted by molar-refractivity contribution is -0.151. The summed E-state index contributed by atoms with van der Waals surface area (Å²) in [5.74, 6) is 5.34. The molecule has 9 unspecified atom stereocenters. The molecule has 0 saturated heterocycles. The summed E-state index contributed by atoms with van der Waals surface area (Å²) < 4.78 is 6.15. The number of aliphatic hydroxyl groups is 1. The van der Waals surface area contributed by atoms with Crippen LogP contribution in [0.15, 0.2) is 23.8 Å². The van der Waals surface area contributed by atoms with E-state index in [2.05, 4.69) is 64.7 Å². The molecule has 4 aliphatic rings. The Hall–Kier alpha value is -1.46. The summed E-state index contributed by atoms with van der Waals surface area (Å²) in [6.07, 6.45) is 30.6. The summed E-state index contributed by atoms with van der Waals surface area (Å²) in [6.45, 7) is 18.3. The van der Waals surface area contributed by atoms with Gasteiger partial charge in [0.1, 0.15) is 12.4 Å². The van der Waals surface area contributed by atoms with E-state index in [0.29, 0.717) is 30.1 Å². The Morgan fingerprint density at radius 2 is 1.61 bits per heavy atom. The second-order valence-corrected chi connectivity index (χ2v) is 18.4. The monoisotopic (exact) mass is 710 g/mol. The van der Waals surface area contributed by atoms with Crippen molar-refractivity contribution in [3.8, 4) is 0 Å². The van der Waals surface area contributed by atoms with Gasteiger partial charge in [-0.2, -0.15) is 0 Å².